The molecule has 0 saturated heterocycles. The van der Waals surface area contributed by atoms with Gasteiger partial charge in [-0.1, -0.05) is 54.1 Å². The Morgan fingerprint density at radius 1 is 1.07 bits per heavy atom. The summed E-state index contributed by atoms with van der Waals surface area (Å²) >= 11 is 6.35. The van der Waals surface area contributed by atoms with E-state index in [1.807, 2.05) is 30.3 Å². The van der Waals surface area contributed by atoms with Gasteiger partial charge in [-0.05, 0) is 47.9 Å². The summed E-state index contributed by atoms with van der Waals surface area (Å²) < 4.78 is 27.6. The summed E-state index contributed by atoms with van der Waals surface area (Å²) in [6, 6.07) is 20.4. The van der Waals surface area contributed by atoms with E-state index in [0.717, 1.165) is 5.56 Å². The van der Waals surface area contributed by atoms with Crippen LogP contribution in [0.3, 0.4) is 0 Å². The predicted molar refractivity (Wildman–Crippen MR) is 109 cm³/mol. The van der Waals surface area contributed by atoms with Crippen LogP contribution in [-0.4, -0.2) is 13.5 Å². The van der Waals surface area contributed by atoms with Crippen molar-refractivity contribution in [2.75, 3.05) is 4.72 Å². The molecule has 0 aliphatic rings. The molecule has 0 aliphatic carbocycles. The molecule has 142 valence electrons. The second-order valence-electron chi connectivity index (χ2n) is 6.29. The number of rotatable bonds is 5. The van der Waals surface area contributed by atoms with E-state index < -0.39 is 15.9 Å². The summed E-state index contributed by atoms with van der Waals surface area (Å²) in [5, 5.41) is 19.7. The van der Waals surface area contributed by atoms with Crippen LogP contribution in [0.15, 0.2) is 71.6 Å². The van der Waals surface area contributed by atoms with Crippen molar-refractivity contribution in [2.24, 2.45) is 0 Å². The Morgan fingerprint density at radius 2 is 1.79 bits per heavy atom. The number of nitriles is 1. The molecule has 0 bridgehead atoms. The van der Waals surface area contributed by atoms with Crippen molar-refractivity contribution >= 4 is 27.3 Å². The zero-order chi connectivity index (χ0) is 20.3. The summed E-state index contributed by atoms with van der Waals surface area (Å²) in [5.41, 5.74) is 2.31. The molecule has 0 saturated carbocycles. The van der Waals surface area contributed by atoms with Gasteiger partial charge in [-0.3, -0.25) is 4.72 Å². The van der Waals surface area contributed by atoms with Crippen LogP contribution < -0.4 is 4.72 Å². The number of halogens is 1. The van der Waals surface area contributed by atoms with E-state index in [-0.39, 0.29) is 21.4 Å². The molecule has 0 amide bonds. The Kier molecular flexibility index (Phi) is 5.59. The molecule has 0 radical (unpaired) electrons. The highest BCUT2D eigenvalue weighted by atomic mass is 35.5. The van der Waals surface area contributed by atoms with Gasteiger partial charge in [0.25, 0.3) is 10.0 Å². The first-order valence-corrected chi connectivity index (χ1v) is 10.2. The molecule has 0 aromatic heterocycles. The third kappa shape index (κ3) is 4.11. The number of aromatic hydroxyl groups is 1. The lowest BCUT2D eigenvalue weighted by Crippen LogP contribution is -2.13. The SMILES string of the molecule is Cc1ccc(O)c(S(=O)(=O)Nc2ccc(C(C#N)c3ccccc3)c(Cl)c2)c1. The monoisotopic (exact) mass is 412 g/mol. The largest absolute Gasteiger partial charge is 0.507 e. The fourth-order valence-corrected chi connectivity index (χ4v) is 4.36. The number of sulfonamides is 1. The van der Waals surface area contributed by atoms with Crippen molar-refractivity contribution in [3.8, 4) is 11.8 Å². The van der Waals surface area contributed by atoms with E-state index in [4.69, 9.17) is 11.6 Å². The van der Waals surface area contributed by atoms with Gasteiger partial charge < -0.3 is 5.11 Å². The van der Waals surface area contributed by atoms with Gasteiger partial charge in [0, 0.05) is 5.02 Å². The van der Waals surface area contributed by atoms with Gasteiger partial charge in [-0.2, -0.15) is 5.26 Å². The second-order valence-corrected chi connectivity index (χ2v) is 8.34. The van der Waals surface area contributed by atoms with Gasteiger partial charge in [-0.25, -0.2) is 8.42 Å². The summed E-state index contributed by atoms with van der Waals surface area (Å²) in [4.78, 5) is -0.216. The van der Waals surface area contributed by atoms with Crippen LogP contribution in [0.5, 0.6) is 5.75 Å². The Bertz CT molecular complexity index is 1160. The van der Waals surface area contributed by atoms with Crippen molar-refractivity contribution in [3.63, 3.8) is 0 Å². The molecule has 3 aromatic carbocycles. The van der Waals surface area contributed by atoms with E-state index in [0.29, 0.717) is 11.1 Å². The third-order valence-electron chi connectivity index (χ3n) is 4.23. The highest BCUT2D eigenvalue weighted by molar-refractivity contribution is 7.92. The van der Waals surface area contributed by atoms with Gasteiger partial charge in [0.2, 0.25) is 0 Å². The highest BCUT2D eigenvalue weighted by Gasteiger charge is 2.21. The lowest BCUT2D eigenvalue weighted by atomic mass is 9.92. The zero-order valence-corrected chi connectivity index (χ0v) is 16.5. The minimum absolute atomic E-state index is 0.216. The van der Waals surface area contributed by atoms with Crippen molar-refractivity contribution in [1.82, 2.24) is 0 Å². The summed E-state index contributed by atoms with van der Waals surface area (Å²) in [5.74, 6) is -0.908. The average Bonchev–Trinajstić information content (AvgIpc) is 2.66. The maximum absolute atomic E-state index is 12.6. The third-order valence-corrected chi connectivity index (χ3v) is 5.97. The summed E-state index contributed by atoms with van der Waals surface area (Å²) in [7, 11) is -4.00. The molecule has 1 atom stereocenters. The van der Waals surface area contributed by atoms with E-state index in [2.05, 4.69) is 10.8 Å². The second kappa shape index (κ2) is 7.93. The zero-order valence-electron chi connectivity index (χ0n) is 14.9. The first-order chi connectivity index (χ1) is 13.3. The fraction of sp³-hybridized carbons (Fsp3) is 0.0952. The Labute approximate surface area is 168 Å². The van der Waals surface area contributed by atoms with Gasteiger partial charge in [0.15, 0.2) is 0 Å². The van der Waals surface area contributed by atoms with Gasteiger partial charge in [0.1, 0.15) is 10.6 Å². The number of hydrogen-bond donors (Lipinski definition) is 2. The average molecular weight is 413 g/mol. The highest BCUT2D eigenvalue weighted by Crippen LogP contribution is 2.33. The number of hydrogen-bond acceptors (Lipinski definition) is 4. The van der Waals surface area contributed by atoms with E-state index in [9.17, 15) is 18.8 Å². The van der Waals surface area contributed by atoms with E-state index >= 15 is 0 Å². The molecular formula is C21H17ClN2O3S. The molecule has 7 heteroatoms. The number of phenolic OH excluding ortho intramolecular Hbond substituents is 1. The molecule has 5 nitrogen and oxygen atoms in total. The van der Waals surface area contributed by atoms with Crippen LogP contribution in [0.25, 0.3) is 0 Å². The quantitative estimate of drug-likeness (QED) is 0.629. The lowest BCUT2D eigenvalue weighted by molar-refractivity contribution is 0.459. The fourth-order valence-electron chi connectivity index (χ4n) is 2.84. The maximum Gasteiger partial charge on any atom is 0.265 e. The number of aryl methyl sites for hydroxylation is 1. The van der Waals surface area contributed by atoms with Crippen LogP contribution in [-0.2, 0) is 10.0 Å². The van der Waals surface area contributed by atoms with Crippen molar-refractivity contribution in [2.45, 2.75) is 17.7 Å². The van der Waals surface area contributed by atoms with Crippen LogP contribution in [0.1, 0.15) is 22.6 Å². The minimum atomic E-state index is -4.00. The van der Waals surface area contributed by atoms with E-state index in [1.54, 1.807) is 25.1 Å². The van der Waals surface area contributed by atoms with Gasteiger partial charge in [0.05, 0.1) is 17.7 Å². The van der Waals surface area contributed by atoms with Crippen LogP contribution in [0, 0.1) is 18.3 Å². The molecule has 28 heavy (non-hydrogen) atoms. The van der Waals surface area contributed by atoms with Gasteiger partial charge >= 0.3 is 0 Å². The molecule has 3 aromatic rings. The smallest absolute Gasteiger partial charge is 0.265 e. The molecule has 0 fully saturated rings. The standard InChI is InChI=1S/C21H17ClN2O3S/c1-14-7-10-20(25)21(11-14)28(26,27)24-16-8-9-17(19(22)12-16)18(13-23)15-5-3-2-4-6-15/h2-12,18,24-25H,1H3. The summed E-state index contributed by atoms with van der Waals surface area (Å²) in [6.45, 7) is 1.73. The molecule has 0 heterocycles. The molecule has 0 aliphatic heterocycles. The number of nitrogens with zero attached hydrogens (tertiary/aromatic N) is 1. The number of phenols is 1. The predicted octanol–water partition coefficient (Wildman–Crippen LogP) is 4.81. The molecular weight excluding hydrogens is 396 g/mol. The lowest BCUT2D eigenvalue weighted by Gasteiger charge is -2.14. The minimum Gasteiger partial charge on any atom is -0.507 e. The molecule has 0 spiro atoms. The summed E-state index contributed by atoms with van der Waals surface area (Å²) in [6.07, 6.45) is 0. The van der Waals surface area contributed by atoms with Crippen LogP contribution in [0.2, 0.25) is 5.02 Å². The Balaban J connectivity index is 1.93. The van der Waals surface area contributed by atoms with E-state index in [1.165, 1.54) is 18.2 Å². The van der Waals surface area contributed by atoms with Crippen molar-refractivity contribution < 1.29 is 13.5 Å². The molecule has 3 rings (SSSR count). The number of nitrogens with one attached hydrogen (secondary N) is 1. The van der Waals surface area contributed by atoms with Crippen LogP contribution in [0.4, 0.5) is 5.69 Å². The Hall–Kier alpha value is -3.01. The van der Waals surface area contributed by atoms with Gasteiger partial charge in [-0.15, -0.1) is 0 Å². The number of anilines is 1. The number of benzene rings is 3. The van der Waals surface area contributed by atoms with Crippen molar-refractivity contribution in [3.05, 3.63) is 88.4 Å². The first kappa shape index (κ1) is 19.7. The van der Waals surface area contributed by atoms with Crippen molar-refractivity contribution in [1.29, 1.82) is 5.26 Å². The normalized spacial score (nSPS) is 12.2. The topological polar surface area (TPSA) is 90.2 Å². The first-order valence-electron chi connectivity index (χ1n) is 8.38. The Morgan fingerprint density at radius 3 is 2.43 bits per heavy atom. The molecule has 1 unspecified atom stereocenters. The van der Waals surface area contributed by atoms with Crippen LogP contribution >= 0.6 is 11.6 Å². The molecule has 2 N–H and O–H groups in total. The maximum atomic E-state index is 12.6.